The molecule has 2 nitrogen and oxygen atoms in total. The van der Waals surface area contributed by atoms with Gasteiger partial charge in [-0.05, 0) is 25.8 Å². The van der Waals surface area contributed by atoms with E-state index < -0.39 is 11.7 Å². The second-order valence-electron chi connectivity index (χ2n) is 2.91. The molecule has 0 fully saturated rings. The second kappa shape index (κ2) is 7.77. The highest BCUT2D eigenvalue weighted by Crippen LogP contribution is 2.04. The summed E-state index contributed by atoms with van der Waals surface area (Å²) in [7, 11) is 0. The van der Waals surface area contributed by atoms with Gasteiger partial charge in [0.2, 0.25) is 0 Å². The summed E-state index contributed by atoms with van der Waals surface area (Å²) in [6.07, 6.45) is 5.15. The van der Waals surface area contributed by atoms with Crippen molar-refractivity contribution in [2.45, 2.75) is 39.5 Å². The fourth-order valence-electron chi connectivity index (χ4n) is 0.961. The van der Waals surface area contributed by atoms with Crippen LogP contribution in [-0.2, 0) is 4.79 Å². The molecular weight excluding hydrogens is 169 g/mol. The largest absolute Gasteiger partial charge is 0.350 e. The number of amides is 1. The van der Waals surface area contributed by atoms with Crippen molar-refractivity contribution in [1.29, 1.82) is 0 Å². The van der Waals surface area contributed by atoms with Gasteiger partial charge in [0, 0.05) is 6.54 Å². The maximum atomic E-state index is 12.9. The summed E-state index contributed by atoms with van der Waals surface area (Å²) < 4.78 is 12.9. The molecule has 0 unspecified atom stereocenters. The first-order valence-corrected chi connectivity index (χ1v) is 4.86. The number of unbranched alkanes of at least 4 members (excludes halogenated alkanes) is 3. The molecule has 76 valence electrons. The molecule has 0 saturated carbocycles. The Hall–Kier alpha value is -0.860. The Kier molecular flexibility index (Phi) is 7.26. The number of carbonyl (C=O) groups excluding carboxylic acids is 1. The minimum Gasteiger partial charge on any atom is -0.350 e. The van der Waals surface area contributed by atoms with Crippen LogP contribution < -0.4 is 5.32 Å². The molecule has 0 atom stereocenters. The summed E-state index contributed by atoms with van der Waals surface area (Å²) >= 11 is 0. The lowest BCUT2D eigenvalue weighted by atomic mass is 10.2. The van der Waals surface area contributed by atoms with E-state index in [-0.39, 0.29) is 0 Å². The van der Waals surface area contributed by atoms with Gasteiger partial charge in [-0.25, -0.2) is 4.39 Å². The topological polar surface area (TPSA) is 29.1 Å². The summed E-state index contributed by atoms with van der Waals surface area (Å²) in [4.78, 5) is 10.9. The van der Waals surface area contributed by atoms with Gasteiger partial charge in [0.1, 0.15) is 0 Å². The van der Waals surface area contributed by atoms with Crippen LogP contribution in [0.1, 0.15) is 39.5 Å². The number of hydrogen-bond donors (Lipinski definition) is 1. The van der Waals surface area contributed by atoms with Crippen molar-refractivity contribution in [2.24, 2.45) is 0 Å². The number of carbonyl (C=O) groups is 1. The van der Waals surface area contributed by atoms with Crippen LogP contribution >= 0.6 is 0 Å². The van der Waals surface area contributed by atoms with Gasteiger partial charge in [-0.15, -0.1) is 0 Å². The number of halogens is 1. The Balaban J connectivity index is 3.67. The van der Waals surface area contributed by atoms with Crippen molar-refractivity contribution >= 4 is 5.91 Å². The highest BCUT2D eigenvalue weighted by molar-refractivity contribution is 5.90. The third kappa shape index (κ3) is 6.31. The van der Waals surface area contributed by atoms with Crippen molar-refractivity contribution in [3.63, 3.8) is 0 Å². The van der Waals surface area contributed by atoms with Crippen LogP contribution in [0.15, 0.2) is 11.9 Å². The summed E-state index contributed by atoms with van der Waals surface area (Å²) in [5, 5.41) is 2.40. The third-order valence-electron chi connectivity index (χ3n) is 1.69. The van der Waals surface area contributed by atoms with Crippen molar-refractivity contribution in [1.82, 2.24) is 5.32 Å². The predicted molar refractivity (Wildman–Crippen MR) is 52.0 cm³/mol. The molecule has 0 saturated heterocycles. The van der Waals surface area contributed by atoms with Crippen LogP contribution in [0, 0.1) is 0 Å². The number of hydrogen-bond acceptors (Lipinski definition) is 1. The molecule has 1 N–H and O–H groups in total. The van der Waals surface area contributed by atoms with Gasteiger partial charge in [-0.3, -0.25) is 4.79 Å². The maximum absolute atomic E-state index is 12.9. The highest BCUT2D eigenvalue weighted by atomic mass is 19.1. The van der Waals surface area contributed by atoms with Gasteiger partial charge in [-0.1, -0.05) is 19.8 Å². The molecule has 0 aromatic carbocycles. The van der Waals surface area contributed by atoms with Gasteiger partial charge in [0.25, 0.3) is 5.91 Å². The number of nitrogens with one attached hydrogen (secondary N) is 1. The fourth-order valence-corrected chi connectivity index (χ4v) is 0.961. The van der Waals surface area contributed by atoms with Gasteiger partial charge in [-0.2, -0.15) is 0 Å². The first-order valence-electron chi connectivity index (χ1n) is 4.86. The maximum Gasteiger partial charge on any atom is 0.279 e. The lowest BCUT2D eigenvalue weighted by molar-refractivity contribution is -0.118. The molecule has 13 heavy (non-hydrogen) atoms. The Labute approximate surface area is 79.2 Å². The molecule has 0 aromatic rings. The summed E-state index contributed by atoms with van der Waals surface area (Å²) in [6.45, 7) is 4.32. The molecule has 0 aromatic heterocycles. The van der Waals surface area contributed by atoms with Gasteiger partial charge in [0.15, 0.2) is 5.83 Å². The minimum atomic E-state index is -0.655. The minimum absolute atomic E-state index is 0.467. The zero-order valence-electron chi connectivity index (χ0n) is 8.40. The van der Waals surface area contributed by atoms with E-state index in [0.29, 0.717) is 13.0 Å². The van der Waals surface area contributed by atoms with E-state index in [9.17, 15) is 9.18 Å². The van der Waals surface area contributed by atoms with E-state index in [1.54, 1.807) is 6.92 Å². The van der Waals surface area contributed by atoms with Gasteiger partial charge in [0.05, 0.1) is 0 Å². The Bertz CT molecular complexity index is 178. The molecule has 0 rings (SSSR count). The first kappa shape index (κ1) is 12.1. The van der Waals surface area contributed by atoms with Crippen LogP contribution in [0.5, 0.6) is 0 Å². The zero-order chi connectivity index (χ0) is 10.1. The fraction of sp³-hybridized carbons (Fsp3) is 0.700. The molecule has 0 aliphatic heterocycles. The van der Waals surface area contributed by atoms with Crippen molar-refractivity contribution < 1.29 is 9.18 Å². The number of rotatable bonds is 6. The molecule has 0 bridgehead atoms. The molecule has 0 aliphatic carbocycles. The number of allylic oxidation sites excluding steroid dienone is 1. The molecule has 0 heterocycles. The van der Waals surface area contributed by atoms with Crippen LogP contribution in [0.4, 0.5) is 4.39 Å². The third-order valence-corrected chi connectivity index (χ3v) is 1.69. The van der Waals surface area contributed by atoms with Crippen LogP contribution in [0.2, 0.25) is 0 Å². The molecule has 3 heteroatoms. The van der Waals surface area contributed by atoms with E-state index in [4.69, 9.17) is 0 Å². The Morgan fingerprint density at radius 2 is 2.08 bits per heavy atom. The Morgan fingerprint density at radius 1 is 1.38 bits per heavy atom. The SMILES string of the molecule is CCCCC/C=C(\F)C(=O)NCC. The zero-order valence-corrected chi connectivity index (χ0v) is 8.40. The van der Waals surface area contributed by atoms with Crippen molar-refractivity contribution in [2.75, 3.05) is 6.54 Å². The quantitative estimate of drug-likeness (QED) is 0.502. The monoisotopic (exact) mass is 187 g/mol. The van der Waals surface area contributed by atoms with Crippen LogP contribution in [0.3, 0.4) is 0 Å². The summed E-state index contributed by atoms with van der Waals surface area (Å²) in [5.74, 6) is -1.25. The van der Waals surface area contributed by atoms with Crippen LogP contribution in [0.25, 0.3) is 0 Å². The van der Waals surface area contributed by atoms with E-state index in [1.165, 1.54) is 6.08 Å². The Morgan fingerprint density at radius 3 is 2.62 bits per heavy atom. The van der Waals surface area contributed by atoms with E-state index in [0.717, 1.165) is 19.3 Å². The smallest absolute Gasteiger partial charge is 0.279 e. The number of likely N-dealkylation sites (N-methyl/N-ethyl adjacent to an activating group) is 1. The lowest BCUT2D eigenvalue weighted by Crippen LogP contribution is -2.22. The van der Waals surface area contributed by atoms with E-state index in [2.05, 4.69) is 12.2 Å². The average molecular weight is 187 g/mol. The molecule has 1 amide bonds. The molecule has 0 aliphatic rings. The van der Waals surface area contributed by atoms with Gasteiger partial charge >= 0.3 is 0 Å². The van der Waals surface area contributed by atoms with Crippen LogP contribution in [-0.4, -0.2) is 12.5 Å². The first-order chi connectivity index (χ1) is 6.22. The molecular formula is C10H18FNO. The lowest BCUT2D eigenvalue weighted by Gasteiger charge is -1.98. The normalized spacial score (nSPS) is 11.5. The standard InChI is InChI=1S/C10H18FNO/c1-3-5-6-7-8-9(11)10(13)12-4-2/h8H,3-7H2,1-2H3,(H,12,13)/b9-8-. The molecule has 0 spiro atoms. The van der Waals surface area contributed by atoms with Crippen molar-refractivity contribution in [3.05, 3.63) is 11.9 Å². The predicted octanol–water partition coefficient (Wildman–Crippen LogP) is 2.56. The van der Waals surface area contributed by atoms with Crippen molar-refractivity contribution in [3.8, 4) is 0 Å². The van der Waals surface area contributed by atoms with E-state index in [1.807, 2.05) is 0 Å². The average Bonchev–Trinajstić information content (AvgIpc) is 2.12. The molecule has 0 radical (unpaired) electrons. The second-order valence-corrected chi connectivity index (χ2v) is 2.91. The summed E-state index contributed by atoms with van der Waals surface area (Å²) in [6, 6.07) is 0. The van der Waals surface area contributed by atoms with Gasteiger partial charge < -0.3 is 5.32 Å². The highest BCUT2D eigenvalue weighted by Gasteiger charge is 2.04. The summed E-state index contributed by atoms with van der Waals surface area (Å²) in [5.41, 5.74) is 0. The van der Waals surface area contributed by atoms with E-state index >= 15 is 0 Å².